The maximum Gasteiger partial charge on any atom is 0.250 e. The monoisotopic (exact) mass is 299 g/mol. The van der Waals surface area contributed by atoms with Gasteiger partial charge >= 0.3 is 0 Å². The third-order valence-electron chi connectivity index (χ3n) is 4.03. The molecule has 5 rings (SSSR count). The molecule has 2 amide bonds. The molecule has 0 aromatic heterocycles. The van der Waals surface area contributed by atoms with Crippen molar-refractivity contribution in [3.63, 3.8) is 0 Å². The van der Waals surface area contributed by atoms with Crippen molar-refractivity contribution in [2.45, 2.75) is 0 Å². The van der Waals surface area contributed by atoms with Gasteiger partial charge in [-0.1, -0.05) is 60.7 Å². The van der Waals surface area contributed by atoms with Gasteiger partial charge < -0.3 is 0 Å². The largest absolute Gasteiger partial charge is 0.289 e. The maximum atomic E-state index is 10.0. The topological polar surface area (TPSA) is 46.2 Å². The van der Waals surface area contributed by atoms with E-state index in [1.54, 1.807) is 0 Å². The van der Waals surface area contributed by atoms with Gasteiger partial charge in [-0.05, 0) is 32.3 Å². The van der Waals surface area contributed by atoms with Crippen LogP contribution in [-0.2, 0) is 9.59 Å². The molecule has 23 heavy (non-hydrogen) atoms. The number of carbonyl (C=O) groups excluding carboxylic acids is 2. The lowest BCUT2D eigenvalue weighted by atomic mass is 9.95. The van der Waals surface area contributed by atoms with Crippen LogP contribution in [-0.4, -0.2) is 11.8 Å². The average molecular weight is 299 g/mol. The molecule has 1 N–H and O–H groups in total. The highest BCUT2D eigenvalue weighted by Gasteiger charge is 2.07. The minimum Gasteiger partial charge on any atom is -0.289 e. The first kappa shape index (κ1) is 13.5. The Morgan fingerprint density at radius 1 is 0.522 bits per heavy atom. The molecule has 4 aromatic rings. The second-order valence-corrected chi connectivity index (χ2v) is 5.48. The number of amides is 2. The standard InChI is InChI=1S/C16H10.C4H3NO2/c1-3-11-7-9-13-5-2-6-14-10-8-12(4-1)15(11)16(13)14;6-3-1-2-4(7)5-3/h1-10H;1-2H,(H,5,6,7). The van der Waals surface area contributed by atoms with Crippen molar-refractivity contribution in [3.05, 3.63) is 72.8 Å². The van der Waals surface area contributed by atoms with Crippen molar-refractivity contribution in [1.29, 1.82) is 0 Å². The number of hydrogen-bond donors (Lipinski definition) is 1. The fourth-order valence-electron chi connectivity index (χ4n) is 3.03. The Kier molecular flexibility index (Phi) is 3.05. The van der Waals surface area contributed by atoms with Crippen LogP contribution in [0.15, 0.2) is 72.8 Å². The van der Waals surface area contributed by atoms with Crippen LogP contribution in [0.5, 0.6) is 0 Å². The van der Waals surface area contributed by atoms with Crippen molar-refractivity contribution >= 4 is 44.1 Å². The second-order valence-electron chi connectivity index (χ2n) is 5.48. The quantitative estimate of drug-likeness (QED) is 0.397. The van der Waals surface area contributed by atoms with E-state index in [1.165, 1.54) is 44.5 Å². The molecule has 3 nitrogen and oxygen atoms in total. The lowest BCUT2D eigenvalue weighted by Crippen LogP contribution is -2.19. The van der Waals surface area contributed by atoms with Crippen LogP contribution in [0.4, 0.5) is 0 Å². The molecule has 0 bridgehead atoms. The third kappa shape index (κ3) is 2.32. The Morgan fingerprint density at radius 2 is 0.870 bits per heavy atom. The van der Waals surface area contributed by atoms with Gasteiger partial charge in [0.05, 0.1) is 0 Å². The molecule has 0 saturated carbocycles. The van der Waals surface area contributed by atoms with Gasteiger partial charge in [-0.15, -0.1) is 0 Å². The van der Waals surface area contributed by atoms with Gasteiger partial charge in [0.15, 0.2) is 0 Å². The summed E-state index contributed by atoms with van der Waals surface area (Å²) in [5, 5.41) is 10.2. The van der Waals surface area contributed by atoms with Crippen LogP contribution >= 0.6 is 0 Å². The second kappa shape index (κ2) is 5.21. The van der Waals surface area contributed by atoms with E-state index in [4.69, 9.17) is 0 Å². The molecular formula is C20H13NO2. The summed E-state index contributed by atoms with van der Waals surface area (Å²) in [4.78, 5) is 20.1. The molecule has 0 unspecified atom stereocenters. The number of benzene rings is 4. The van der Waals surface area contributed by atoms with Gasteiger partial charge in [0.1, 0.15) is 0 Å². The van der Waals surface area contributed by atoms with Crippen molar-refractivity contribution in [3.8, 4) is 0 Å². The highest BCUT2D eigenvalue weighted by molar-refractivity contribution is 6.22. The lowest BCUT2D eigenvalue weighted by Gasteiger charge is -2.09. The van der Waals surface area contributed by atoms with Crippen molar-refractivity contribution < 1.29 is 9.59 Å². The highest BCUT2D eigenvalue weighted by atomic mass is 16.2. The van der Waals surface area contributed by atoms with Crippen molar-refractivity contribution in [2.75, 3.05) is 0 Å². The van der Waals surface area contributed by atoms with Crippen LogP contribution < -0.4 is 5.32 Å². The Labute approximate surface area is 132 Å². The number of carbonyl (C=O) groups is 2. The predicted octanol–water partition coefficient (Wildman–Crippen LogP) is 3.78. The molecule has 0 spiro atoms. The highest BCUT2D eigenvalue weighted by Crippen LogP contribution is 2.33. The smallest absolute Gasteiger partial charge is 0.250 e. The van der Waals surface area contributed by atoms with Crippen LogP contribution in [0, 0.1) is 0 Å². The number of hydrogen-bond acceptors (Lipinski definition) is 2. The van der Waals surface area contributed by atoms with Gasteiger partial charge in [0.25, 0.3) is 11.8 Å². The van der Waals surface area contributed by atoms with E-state index in [0.717, 1.165) is 0 Å². The van der Waals surface area contributed by atoms with E-state index in [-0.39, 0.29) is 11.8 Å². The predicted molar refractivity (Wildman–Crippen MR) is 92.4 cm³/mol. The lowest BCUT2D eigenvalue weighted by molar-refractivity contribution is -0.123. The van der Waals surface area contributed by atoms with Crippen molar-refractivity contribution in [1.82, 2.24) is 5.32 Å². The van der Waals surface area contributed by atoms with E-state index < -0.39 is 0 Å². The van der Waals surface area contributed by atoms with Crippen LogP contribution in [0.25, 0.3) is 32.3 Å². The van der Waals surface area contributed by atoms with Gasteiger partial charge in [0, 0.05) is 12.2 Å². The Balaban J connectivity index is 0.000000164. The number of nitrogens with one attached hydrogen (secondary N) is 1. The number of imide groups is 1. The summed E-state index contributed by atoms with van der Waals surface area (Å²) in [6, 6.07) is 21.9. The van der Waals surface area contributed by atoms with Crippen LogP contribution in [0.2, 0.25) is 0 Å². The van der Waals surface area contributed by atoms with Gasteiger partial charge in [-0.25, -0.2) is 0 Å². The zero-order valence-corrected chi connectivity index (χ0v) is 12.2. The minimum absolute atomic E-state index is 0.329. The van der Waals surface area contributed by atoms with Crippen LogP contribution in [0.1, 0.15) is 0 Å². The molecule has 0 saturated heterocycles. The average Bonchev–Trinajstić information content (AvgIpc) is 2.96. The van der Waals surface area contributed by atoms with E-state index in [1.807, 2.05) is 5.32 Å². The van der Waals surface area contributed by atoms with E-state index in [0.29, 0.717) is 0 Å². The summed E-state index contributed by atoms with van der Waals surface area (Å²) in [7, 11) is 0. The van der Waals surface area contributed by atoms with Crippen LogP contribution in [0.3, 0.4) is 0 Å². The molecule has 0 aliphatic carbocycles. The number of rotatable bonds is 0. The molecule has 1 aliphatic rings. The minimum atomic E-state index is -0.329. The first-order chi connectivity index (χ1) is 11.2. The fraction of sp³-hybridized carbons (Fsp3) is 0. The SMILES string of the molecule is O=C1C=CC(=O)N1.c1cc2ccc3cccc4ccc(c1)c2c34. The zero-order chi connectivity index (χ0) is 15.8. The normalized spacial score (nSPS) is 13.6. The maximum absolute atomic E-state index is 10.0. The summed E-state index contributed by atoms with van der Waals surface area (Å²) in [5.74, 6) is -0.657. The third-order valence-corrected chi connectivity index (χ3v) is 4.03. The summed E-state index contributed by atoms with van der Waals surface area (Å²) in [6.45, 7) is 0. The van der Waals surface area contributed by atoms with E-state index in [2.05, 4.69) is 60.7 Å². The summed E-state index contributed by atoms with van der Waals surface area (Å²) in [5.41, 5.74) is 0. The fourth-order valence-corrected chi connectivity index (χ4v) is 3.03. The zero-order valence-electron chi connectivity index (χ0n) is 12.2. The molecule has 1 heterocycles. The van der Waals surface area contributed by atoms with E-state index in [9.17, 15) is 9.59 Å². The molecule has 4 aromatic carbocycles. The Bertz CT molecular complexity index is 933. The summed E-state index contributed by atoms with van der Waals surface area (Å²) < 4.78 is 0. The molecule has 3 heteroatoms. The molecular weight excluding hydrogens is 286 g/mol. The molecule has 1 aliphatic heterocycles. The molecule has 0 fully saturated rings. The van der Waals surface area contributed by atoms with Gasteiger partial charge in [0.2, 0.25) is 0 Å². The van der Waals surface area contributed by atoms with Gasteiger partial charge in [-0.3, -0.25) is 14.9 Å². The Morgan fingerprint density at radius 3 is 1.13 bits per heavy atom. The molecule has 0 radical (unpaired) electrons. The molecule has 0 atom stereocenters. The summed E-state index contributed by atoms with van der Waals surface area (Å²) in [6.07, 6.45) is 2.39. The van der Waals surface area contributed by atoms with Gasteiger partial charge in [-0.2, -0.15) is 0 Å². The Hall–Kier alpha value is -3.20. The first-order valence-corrected chi connectivity index (χ1v) is 7.38. The van der Waals surface area contributed by atoms with Crippen molar-refractivity contribution in [2.24, 2.45) is 0 Å². The van der Waals surface area contributed by atoms with E-state index >= 15 is 0 Å². The summed E-state index contributed by atoms with van der Waals surface area (Å²) >= 11 is 0. The molecule has 110 valence electrons. The first-order valence-electron chi connectivity index (χ1n) is 7.38.